The van der Waals surface area contributed by atoms with Gasteiger partial charge in [0.15, 0.2) is 5.16 Å². The third-order valence-corrected chi connectivity index (χ3v) is 5.42. The molecule has 2 heterocycles. The lowest BCUT2D eigenvalue weighted by Gasteiger charge is -2.23. The molecule has 136 valence electrons. The summed E-state index contributed by atoms with van der Waals surface area (Å²) in [5.74, 6) is 0.949. The van der Waals surface area contributed by atoms with Crippen LogP contribution in [0.4, 0.5) is 0 Å². The standard InChI is InChI=1S/C18H25N3O3S/c1-23-11-4-7-21-17(22)15-5-2-3-6-16(15)19-18(21)25-14-10-20-8-12-24-13-9-20/h2-3,5-6H,4,7-14H2,1H3/p+1. The fourth-order valence-corrected chi connectivity index (χ4v) is 4.09. The van der Waals surface area contributed by atoms with Crippen molar-refractivity contribution in [3.05, 3.63) is 34.6 Å². The number of hydrogen-bond acceptors (Lipinski definition) is 5. The molecule has 1 aromatic carbocycles. The van der Waals surface area contributed by atoms with Crippen molar-refractivity contribution in [3.63, 3.8) is 0 Å². The van der Waals surface area contributed by atoms with E-state index in [1.165, 1.54) is 0 Å². The van der Waals surface area contributed by atoms with Crippen LogP contribution in [0.2, 0.25) is 0 Å². The number of nitrogens with zero attached hydrogens (tertiary/aromatic N) is 2. The molecule has 1 N–H and O–H groups in total. The minimum absolute atomic E-state index is 0.0444. The minimum atomic E-state index is 0.0444. The lowest BCUT2D eigenvalue weighted by Crippen LogP contribution is -3.14. The molecule has 25 heavy (non-hydrogen) atoms. The van der Waals surface area contributed by atoms with Crippen LogP contribution in [0.5, 0.6) is 0 Å². The van der Waals surface area contributed by atoms with E-state index in [2.05, 4.69) is 0 Å². The van der Waals surface area contributed by atoms with Crippen LogP contribution < -0.4 is 10.5 Å². The molecular formula is C18H26N3O3S+. The van der Waals surface area contributed by atoms with Gasteiger partial charge in [-0.1, -0.05) is 23.9 Å². The van der Waals surface area contributed by atoms with Gasteiger partial charge in [0, 0.05) is 20.3 Å². The van der Waals surface area contributed by atoms with Crippen molar-refractivity contribution >= 4 is 22.7 Å². The molecule has 1 aromatic heterocycles. The molecule has 1 aliphatic heterocycles. The maximum absolute atomic E-state index is 12.9. The zero-order chi connectivity index (χ0) is 17.5. The summed E-state index contributed by atoms with van der Waals surface area (Å²) in [7, 11) is 1.68. The predicted octanol–water partition coefficient (Wildman–Crippen LogP) is 0.440. The van der Waals surface area contributed by atoms with E-state index >= 15 is 0 Å². The maximum atomic E-state index is 12.9. The summed E-state index contributed by atoms with van der Waals surface area (Å²) < 4.78 is 12.3. The molecule has 3 rings (SSSR count). The predicted molar refractivity (Wildman–Crippen MR) is 99.6 cm³/mol. The molecule has 0 unspecified atom stereocenters. The van der Waals surface area contributed by atoms with Crippen molar-refractivity contribution in [3.8, 4) is 0 Å². The quantitative estimate of drug-likeness (QED) is 0.419. The number of benzene rings is 1. The highest BCUT2D eigenvalue weighted by atomic mass is 32.2. The first-order valence-electron chi connectivity index (χ1n) is 8.82. The highest BCUT2D eigenvalue weighted by Gasteiger charge is 2.15. The van der Waals surface area contributed by atoms with Crippen molar-refractivity contribution in [1.29, 1.82) is 0 Å². The Hall–Kier alpha value is -1.41. The number of hydrogen-bond donors (Lipinski definition) is 1. The number of morpholine rings is 1. The first-order chi connectivity index (χ1) is 12.3. The van der Waals surface area contributed by atoms with Gasteiger partial charge in [-0.15, -0.1) is 0 Å². The second-order valence-corrected chi connectivity index (χ2v) is 7.24. The Bertz CT molecular complexity index is 744. The van der Waals surface area contributed by atoms with Gasteiger partial charge < -0.3 is 14.4 Å². The van der Waals surface area contributed by atoms with Crippen molar-refractivity contribution in [1.82, 2.24) is 9.55 Å². The molecule has 1 aliphatic rings. The summed E-state index contributed by atoms with van der Waals surface area (Å²) in [4.78, 5) is 19.2. The van der Waals surface area contributed by atoms with Crippen LogP contribution in [0.25, 0.3) is 10.9 Å². The number of aromatic nitrogens is 2. The number of methoxy groups -OCH3 is 1. The van der Waals surface area contributed by atoms with E-state index in [-0.39, 0.29) is 5.56 Å². The van der Waals surface area contributed by atoms with Crippen LogP contribution in [0.15, 0.2) is 34.2 Å². The van der Waals surface area contributed by atoms with Gasteiger partial charge in [0.25, 0.3) is 5.56 Å². The van der Waals surface area contributed by atoms with Crippen molar-refractivity contribution < 1.29 is 14.4 Å². The SMILES string of the molecule is COCCCn1c(SCC[NH+]2CCOCC2)nc2ccccc2c1=O. The number of ether oxygens (including phenoxy) is 2. The van der Waals surface area contributed by atoms with Gasteiger partial charge >= 0.3 is 0 Å². The normalized spacial score (nSPS) is 15.7. The Balaban J connectivity index is 1.76. The van der Waals surface area contributed by atoms with Gasteiger partial charge in [-0.3, -0.25) is 9.36 Å². The fourth-order valence-electron chi connectivity index (χ4n) is 3.02. The average molecular weight is 364 g/mol. The smallest absolute Gasteiger partial charge is 0.262 e. The molecule has 1 saturated heterocycles. The first kappa shape index (κ1) is 18.4. The molecule has 0 aliphatic carbocycles. The Morgan fingerprint density at radius 3 is 2.92 bits per heavy atom. The summed E-state index contributed by atoms with van der Waals surface area (Å²) >= 11 is 1.68. The Morgan fingerprint density at radius 2 is 2.12 bits per heavy atom. The zero-order valence-corrected chi connectivity index (χ0v) is 15.5. The number of para-hydroxylation sites is 1. The molecular weight excluding hydrogens is 338 g/mol. The Labute approximate surface area is 152 Å². The van der Waals surface area contributed by atoms with Crippen molar-refractivity contribution in [2.75, 3.05) is 52.3 Å². The highest BCUT2D eigenvalue weighted by Crippen LogP contribution is 2.17. The molecule has 0 radical (unpaired) electrons. The molecule has 0 amide bonds. The second kappa shape index (κ2) is 9.33. The monoisotopic (exact) mass is 364 g/mol. The van der Waals surface area contributed by atoms with Crippen LogP contribution in [-0.4, -0.2) is 61.9 Å². The lowest BCUT2D eigenvalue weighted by atomic mass is 10.2. The zero-order valence-electron chi connectivity index (χ0n) is 14.7. The molecule has 7 heteroatoms. The largest absolute Gasteiger partial charge is 0.385 e. The summed E-state index contributed by atoms with van der Waals surface area (Å²) in [6.07, 6.45) is 0.804. The van der Waals surface area contributed by atoms with Gasteiger partial charge in [0.2, 0.25) is 0 Å². The second-order valence-electron chi connectivity index (χ2n) is 6.18. The molecule has 1 fully saturated rings. The number of nitrogens with one attached hydrogen (secondary N) is 1. The Kier molecular flexibility index (Phi) is 6.86. The molecule has 0 bridgehead atoms. The first-order valence-corrected chi connectivity index (χ1v) is 9.81. The molecule has 2 aromatic rings. The summed E-state index contributed by atoms with van der Waals surface area (Å²) in [5, 5.41) is 1.50. The molecule has 0 spiro atoms. The third-order valence-electron chi connectivity index (χ3n) is 4.44. The van der Waals surface area contributed by atoms with E-state index in [0.717, 1.165) is 55.7 Å². The van der Waals surface area contributed by atoms with Crippen LogP contribution in [0.3, 0.4) is 0 Å². The summed E-state index contributed by atoms with van der Waals surface area (Å²) in [6.45, 7) is 6.15. The van der Waals surface area contributed by atoms with Crippen molar-refractivity contribution in [2.24, 2.45) is 0 Å². The van der Waals surface area contributed by atoms with Crippen molar-refractivity contribution in [2.45, 2.75) is 18.1 Å². The van der Waals surface area contributed by atoms with Gasteiger partial charge in [-0.25, -0.2) is 4.98 Å². The molecule has 6 nitrogen and oxygen atoms in total. The number of rotatable bonds is 8. The van der Waals surface area contributed by atoms with Gasteiger partial charge in [-0.05, 0) is 18.6 Å². The van der Waals surface area contributed by atoms with Crippen LogP contribution in [0.1, 0.15) is 6.42 Å². The fraction of sp³-hybridized carbons (Fsp3) is 0.556. The molecule has 0 saturated carbocycles. The highest BCUT2D eigenvalue weighted by molar-refractivity contribution is 7.99. The number of quaternary nitrogens is 1. The van der Waals surface area contributed by atoms with Crippen LogP contribution in [0, 0.1) is 0 Å². The van der Waals surface area contributed by atoms with E-state index in [1.54, 1.807) is 28.3 Å². The van der Waals surface area contributed by atoms with Gasteiger partial charge in [-0.2, -0.15) is 0 Å². The van der Waals surface area contributed by atoms with Gasteiger partial charge in [0.05, 0.1) is 36.4 Å². The van der Waals surface area contributed by atoms with Gasteiger partial charge in [0.1, 0.15) is 13.1 Å². The average Bonchev–Trinajstić information content (AvgIpc) is 2.65. The summed E-state index contributed by atoms with van der Waals surface area (Å²) in [5.41, 5.74) is 0.819. The molecule has 0 atom stereocenters. The number of fused-ring (bicyclic) bond motifs is 1. The lowest BCUT2D eigenvalue weighted by molar-refractivity contribution is -0.905. The van der Waals surface area contributed by atoms with Crippen LogP contribution >= 0.6 is 11.8 Å². The van der Waals surface area contributed by atoms with E-state index < -0.39 is 0 Å². The number of thioether (sulfide) groups is 1. The Morgan fingerprint density at radius 1 is 1.32 bits per heavy atom. The van der Waals surface area contributed by atoms with E-state index in [0.29, 0.717) is 18.5 Å². The maximum Gasteiger partial charge on any atom is 0.262 e. The topological polar surface area (TPSA) is 57.8 Å². The van der Waals surface area contributed by atoms with E-state index in [1.807, 2.05) is 24.3 Å². The van der Waals surface area contributed by atoms with E-state index in [9.17, 15) is 4.79 Å². The minimum Gasteiger partial charge on any atom is -0.385 e. The summed E-state index contributed by atoms with van der Waals surface area (Å²) in [6, 6.07) is 7.58. The third kappa shape index (κ3) is 4.82. The van der Waals surface area contributed by atoms with Crippen LogP contribution in [-0.2, 0) is 16.0 Å². The van der Waals surface area contributed by atoms with E-state index in [4.69, 9.17) is 14.5 Å².